The topological polar surface area (TPSA) is 101 Å². The minimum absolute atomic E-state index is 0.0835. The first kappa shape index (κ1) is 17.0. The summed E-state index contributed by atoms with van der Waals surface area (Å²) in [7, 11) is 1.76. The normalized spacial score (nSPS) is 14.1. The molecule has 2 heterocycles. The second-order valence-electron chi connectivity index (χ2n) is 6.35. The first-order chi connectivity index (χ1) is 13.2. The number of benzene rings is 2. The van der Waals surface area contributed by atoms with E-state index in [1.165, 1.54) is 0 Å². The number of rotatable bonds is 5. The summed E-state index contributed by atoms with van der Waals surface area (Å²) in [4.78, 5) is 4.55. The number of imidazole rings is 1. The molecule has 0 fully saturated rings. The fourth-order valence-corrected chi connectivity index (χ4v) is 3.03. The Morgan fingerprint density at radius 2 is 2.04 bits per heavy atom. The molecule has 0 amide bonds. The third-order valence-corrected chi connectivity index (χ3v) is 4.55. The van der Waals surface area contributed by atoms with Gasteiger partial charge in [-0.05, 0) is 29.0 Å². The molecule has 27 heavy (non-hydrogen) atoms. The average Bonchev–Trinajstić information content (AvgIpc) is 3.27. The Hall–Kier alpha value is -3.45. The number of anilines is 1. The number of hydrogen-bond acceptors (Lipinski definition) is 6. The molecule has 0 radical (unpaired) electrons. The smallest absolute Gasteiger partial charge is 0.220 e. The highest BCUT2D eigenvalue weighted by molar-refractivity contribution is 5.80. The summed E-state index contributed by atoms with van der Waals surface area (Å²) in [6.07, 6.45) is 3.54. The van der Waals surface area contributed by atoms with Crippen molar-refractivity contribution in [3.8, 4) is 5.88 Å². The average molecular weight is 360 g/mol. The monoisotopic (exact) mass is 360 g/mol. The van der Waals surface area contributed by atoms with Gasteiger partial charge >= 0.3 is 0 Å². The summed E-state index contributed by atoms with van der Waals surface area (Å²) < 4.78 is 1.61. The van der Waals surface area contributed by atoms with Gasteiger partial charge in [-0.3, -0.25) is 4.57 Å². The standard InChI is InChI=1S/C20H20N6O/c1-26-19(27)17(10-13-7-8-16-15(9-13)12-22-25-16)23-20(26)24-18(11-21)14-5-3-2-4-6-14/h2-10,12,18,27H,11,21H2,1H3,(H,23,24)/b13-10+/t18-/m0/s1. The lowest BCUT2D eigenvalue weighted by Gasteiger charge is -2.17. The second-order valence-corrected chi connectivity index (χ2v) is 6.35. The van der Waals surface area contributed by atoms with Gasteiger partial charge in [0, 0.05) is 19.2 Å². The number of nitrogens with zero attached hydrogens (tertiary/aromatic N) is 4. The van der Waals surface area contributed by atoms with Crippen molar-refractivity contribution in [2.75, 3.05) is 11.9 Å². The lowest BCUT2D eigenvalue weighted by Crippen LogP contribution is -2.22. The number of nitrogens with two attached hydrogens (primary N) is 1. The molecular formula is C20H20N6O. The van der Waals surface area contributed by atoms with E-state index >= 15 is 0 Å². The van der Waals surface area contributed by atoms with Crippen molar-refractivity contribution in [3.63, 3.8) is 0 Å². The molecule has 0 unspecified atom stereocenters. The van der Waals surface area contributed by atoms with Crippen molar-refractivity contribution in [3.05, 3.63) is 75.9 Å². The highest BCUT2D eigenvalue weighted by Gasteiger charge is 2.16. The quantitative estimate of drug-likeness (QED) is 0.633. The second kappa shape index (κ2) is 7.05. The maximum absolute atomic E-state index is 10.5. The van der Waals surface area contributed by atoms with Gasteiger partial charge in [0.25, 0.3) is 0 Å². The first-order valence-electron chi connectivity index (χ1n) is 8.66. The molecule has 4 N–H and O–H groups in total. The molecule has 0 saturated heterocycles. The Morgan fingerprint density at radius 3 is 2.81 bits per heavy atom. The van der Waals surface area contributed by atoms with Crippen LogP contribution in [0.15, 0.2) is 58.7 Å². The Balaban J connectivity index is 1.66. The molecule has 7 nitrogen and oxygen atoms in total. The molecule has 0 spiro atoms. The van der Waals surface area contributed by atoms with Crippen molar-refractivity contribution in [1.29, 1.82) is 0 Å². The van der Waals surface area contributed by atoms with Crippen LogP contribution >= 0.6 is 0 Å². The van der Waals surface area contributed by atoms with Gasteiger partial charge in [0.2, 0.25) is 11.8 Å². The van der Waals surface area contributed by atoms with Crippen molar-refractivity contribution in [2.45, 2.75) is 6.04 Å². The van der Waals surface area contributed by atoms with Crippen LogP contribution in [0.1, 0.15) is 22.9 Å². The summed E-state index contributed by atoms with van der Waals surface area (Å²) in [5.74, 6) is 0.635. The fourth-order valence-electron chi connectivity index (χ4n) is 3.03. The molecule has 0 aliphatic carbocycles. The largest absolute Gasteiger partial charge is 0.493 e. The SMILES string of the molecule is Cn1c(N[C@@H](CN)c2ccccc2)nc(/C=c2\ccc3c(c2)C=NN=3)c1O. The molecule has 3 aromatic rings. The van der Waals surface area contributed by atoms with Crippen molar-refractivity contribution in [2.24, 2.45) is 23.0 Å². The summed E-state index contributed by atoms with van der Waals surface area (Å²) >= 11 is 0. The van der Waals surface area contributed by atoms with E-state index in [0.717, 1.165) is 21.7 Å². The van der Waals surface area contributed by atoms with E-state index in [0.29, 0.717) is 18.2 Å². The molecular weight excluding hydrogens is 340 g/mol. The predicted molar refractivity (Wildman–Crippen MR) is 105 cm³/mol. The molecule has 1 aromatic heterocycles. The van der Waals surface area contributed by atoms with E-state index in [1.54, 1.807) is 17.8 Å². The van der Waals surface area contributed by atoms with E-state index in [9.17, 15) is 5.11 Å². The van der Waals surface area contributed by atoms with Gasteiger partial charge in [-0.1, -0.05) is 36.4 Å². The Labute approximate surface area is 156 Å². The molecule has 1 aliphatic rings. The van der Waals surface area contributed by atoms with Crippen LogP contribution in [0.3, 0.4) is 0 Å². The Bertz CT molecular complexity index is 1120. The summed E-state index contributed by atoms with van der Waals surface area (Å²) in [6.45, 7) is 0.407. The Kier molecular flexibility index (Phi) is 4.43. The third-order valence-electron chi connectivity index (χ3n) is 4.55. The van der Waals surface area contributed by atoms with Crippen molar-refractivity contribution in [1.82, 2.24) is 9.55 Å². The van der Waals surface area contributed by atoms with E-state index < -0.39 is 0 Å². The van der Waals surface area contributed by atoms with Gasteiger partial charge in [-0.15, -0.1) is 0 Å². The molecule has 1 atom stereocenters. The maximum Gasteiger partial charge on any atom is 0.220 e. The van der Waals surface area contributed by atoms with Crippen LogP contribution in [0, 0.1) is 0 Å². The van der Waals surface area contributed by atoms with Crippen LogP contribution in [0.25, 0.3) is 6.08 Å². The number of aromatic hydroxyl groups is 1. The van der Waals surface area contributed by atoms with E-state index in [2.05, 4.69) is 20.5 Å². The number of aromatic nitrogens is 2. The molecule has 2 aromatic carbocycles. The number of nitrogens with one attached hydrogen (secondary N) is 1. The molecule has 1 aliphatic heterocycles. The predicted octanol–water partition coefficient (Wildman–Crippen LogP) is 1.03. The molecule has 4 rings (SSSR count). The van der Waals surface area contributed by atoms with Gasteiger partial charge in [0.15, 0.2) is 0 Å². The van der Waals surface area contributed by atoms with Gasteiger partial charge in [0.05, 0.1) is 17.6 Å². The van der Waals surface area contributed by atoms with Crippen LogP contribution in [0.4, 0.5) is 5.95 Å². The minimum atomic E-state index is -0.0997. The summed E-state index contributed by atoms with van der Waals surface area (Å²) in [5, 5.41) is 23.5. The van der Waals surface area contributed by atoms with Crippen LogP contribution < -0.4 is 21.6 Å². The molecule has 0 saturated carbocycles. The highest BCUT2D eigenvalue weighted by Crippen LogP contribution is 2.24. The van der Waals surface area contributed by atoms with Crippen molar-refractivity contribution >= 4 is 18.2 Å². The van der Waals surface area contributed by atoms with Crippen LogP contribution in [-0.2, 0) is 7.05 Å². The zero-order valence-corrected chi connectivity index (χ0v) is 14.9. The van der Waals surface area contributed by atoms with Gasteiger partial charge in [-0.2, -0.15) is 10.2 Å². The first-order valence-corrected chi connectivity index (χ1v) is 8.66. The lowest BCUT2D eigenvalue weighted by atomic mass is 10.1. The highest BCUT2D eigenvalue weighted by atomic mass is 16.3. The van der Waals surface area contributed by atoms with Gasteiger partial charge in [-0.25, -0.2) is 4.98 Å². The van der Waals surface area contributed by atoms with Gasteiger partial charge < -0.3 is 16.2 Å². The molecule has 0 bridgehead atoms. The van der Waals surface area contributed by atoms with Crippen LogP contribution in [0.2, 0.25) is 0 Å². The Morgan fingerprint density at radius 1 is 1.22 bits per heavy atom. The van der Waals surface area contributed by atoms with Crippen molar-refractivity contribution < 1.29 is 5.11 Å². The van der Waals surface area contributed by atoms with E-state index in [4.69, 9.17) is 5.73 Å². The third kappa shape index (κ3) is 3.32. The van der Waals surface area contributed by atoms with E-state index in [1.807, 2.05) is 54.6 Å². The maximum atomic E-state index is 10.5. The van der Waals surface area contributed by atoms with Gasteiger partial charge in [0.1, 0.15) is 5.69 Å². The minimum Gasteiger partial charge on any atom is -0.493 e. The fraction of sp³-hybridized carbons (Fsp3) is 0.150. The molecule has 7 heteroatoms. The molecule has 136 valence electrons. The lowest BCUT2D eigenvalue weighted by molar-refractivity contribution is 0.431. The summed E-state index contributed by atoms with van der Waals surface area (Å²) in [5.41, 5.74) is 8.43. The number of fused-ring (bicyclic) bond motifs is 1. The van der Waals surface area contributed by atoms with Crippen LogP contribution in [-0.4, -0.2) is 27.4 Å². The number of hydrogen-bond donors (Lipinski definition) is 3. The summed E-state index contributed by atoms with van der Waals surface area (Å²) in [6, 6.07) is 15.6. The van der Waals surface area contributed by atoms with E-state index in [-0.39, 0.29) is 11.9 Å². The zero-order valence-electron chi connectivity index (χ0n) is 14.9. The zero-order chi connectivity index (χ0) is 18.8. The van der Waals surface area contributed by atoms with Crippen LogP contribution in [0.5, 0.6) is 5.88 Å².